The predicted octanol–water partition coefficient (Wildman–Crippen LogP) is 0.683. The molecule has 1 rings (SSSR count). The van der Waals surface area contributed by atoms with E-state index in [-0.39, 0.29) is 6.04 Å². The van der Waals surface area contributed by atoms with Crippen LogP contribution in [0.5, 0.6) is 0 Å². The standard InChI is InChI=1S/C6H10N2/c7-5-3-1-2-4-6(5)8/h1,3,6-7H,2,4,8H2. The van der Waals surface area contributed by atoms with Gasteiger partial charge < -0.3 is 11.1 Å². The van der Waals surface area contributed by atoms with Crippen LogP contribution < -0.4 is 5.73 Å². The summed E-state index contributed by atoms with van der Waals surface area (Å²) in [6.07, 6.45) is 5.75. The highest BCUT2D eigenvalue weighted by atomic mass is 14.7. The Morgan fingerprint density at radius 2 is 2.50 bits per heavy atom. The Morgan fingerprint density at radius 3 is 2.88 bits per heavy atom. The molecule has 0 aromatic carbocycles. The maximum atomic E-state index is 7.18. The van der Waals surface area contributed by atoms with Gasteiger partial charge in [0, 0.05) is 11.8 Å². The van der Waals surface area contributed by atoms with Gasteiger partial charge in [-0.1, -0.05) is 6.08 Å². The van der Waals surface area contributed by atoms with E-state index in [0.29, 0.717) is 5.71 Å². The summed E-state index contributed by atoms with van der Waals surface area (Å²) in [4.78, 5) is 0. The van der Waals surface area contributed by atoms with Crippen molar-refractivity contribution >= 4 is 5.71 Å². The zero-order chi connectivity index (χ0) is 5.98. The lowest BCUT2D eigenvalue weighted by molar-refractivity contribution is 0.751. The van der Waals surface area contributed by atoms with Crippen molar-refractivity contribution in [3.63, 3.8) is 0 Å². The normalized spacial score (nSPS) is 28.6. The van der Waals surface area contributed by atoms with E-state index in [9.17, 15) is 0 Å². The summed E-state index contributed by atoms with van der Waals surface area (Å²) in [6.45, 7) is 0. The first-order valence-corrected chi connectivity index (χ1v) is 2.81. The quantitative estimate of drug-likeness (QED) is 0.473. The predicted molar refractivity (Wildman–Crippen MR) is 34.1 cm³/mol. The Labute approximate surface area is 48.9 Å². The SMILES string of the molecule is N=C1C=CCCC1N. The number of hydrogen-bond acceptors (Lipinski definition) is 2. The van der Waals surface area contributed by atoms with Gasteiger partial charge in [-0.3, -0.25) is 0 Å². The molecule has 0 aromatic rings. The fourth-order valence-corrected chi connectivity index (χ4v) is 0.765. The molecule has 2 heteroatoms. The van der Waals surface area contributed by atoms with Crippen molar-refractivity contribution in [3.8, 4) is 0 Å². The summed E-state index contributed by atoms with van der Waals surface area (Å²) in [5, 5.41) is 7.18. The van der Waals surface area contributed by atoms with Gasteiger partial charge in [-0.15, -0.1) is 0 Å². The molecule has 1 aliphatic carbocycles. The van der Waals surface area contributed by atoms with Crippen LogP contribution in [0.2, 0.25) is 0 Å². The van der Waals surface area contributed by atoms with E-state index >= 15 is 0 Å². The molecule has 1 aliphatic rings. The van der Waals surface area contributed by atoms with Gasteiger partial charge in [-0.05, 0) is 18.9 Å². The van der Waals surface area contributed by atoms with E-state index in [4.69, 9.17) is 11.1 Å². The van der Waals surface area contributed by atoms with E-state index in [1.807, 2.05) is 6.08 Å². The second-order valence-electron chi connectivity index (χ2n) is 2.04. The van der Waals surface area contributed by atoms with Gasteiger partial charge >= 0.3 is 0 Å². The van der Waals surface area contributed by atoms with E-state index in [1.165, 1.54) is 0 Å². The monoisotopic (exact) mass is 110 g/mol. The van der Waals surface area contributed by atoms with Gasteiger partial charge in [-0.25, -0.2) is 0 Å². The van der Waals surface area contributed by atoms with E-state index in [1.54, 1.807) is 6.08 Å². The maximum Gasteiger partial charge on any atom is 0.0478 e. The van der Waals surface area contributed by atoms with Crippen LogP contribution in [0.4, 0.5) is 0 Å². The number of allylic oxidation sites excluding steroid dienone is 1. The van der Waals surface area contributed by atoms with Crippen LogP contribution in [0.25, 0.3) is 0 Å². The van der Waals surface area contributed by atoms with E-state index in [0.717, 1.165) is 12.8 Å². The highest BCUT2D eigenvalue weighted by Crippen LogP contribution is 2.04. The lowest BCUT2D eigenvalue weighted by atomic mass is 10.0. The molecule has 0 heterocycles. The van der Waals surface area contributed by atoms with Crippen LogP contribution in [0.3, 0.4) is 0 Å². The largest absolute Gasteiger partial charge is 0.323 e. The van der Waals surface area contributed by atoms with Crippen LogP contribution in [-0.2, 0) is 0 Å². The number of rotatable bonds is 0. The summed E-state index contributed by atoms with van der Waals surface area (Å²) < 4.78 is 0. The average Bonchev–Trinajstić information content (AvgIpc) is 1.77. The van der Waals surface area contributed by atoms with Crippen LogP contribution in [-0.4, -0.2) is 11.8 Å². The minimum Gasteiger partial charge on any atom is -0.323 e. The number of hydrogen-bond donors (Lipinski definition) is 2. The minimum atomic E-state index is -0.000000000000000222. The van der Waals surface area contributed by atoms with Crippen molar-refractivity contribution in [3.05, 3.63) is 12.2 Å². The first-order chi connectivity index (χ1) is 3.80. The van der Waals surface area contributed by atoms with Gasteiger partial charge in [0.15, 0.2) is 0 Å². The Morgan fingerprint density at radius 1 is 1.75 bits per heavy atom. The van der Waals surface area contributed by atoms with Crippen LogP contribution in [0.1, 0.15) is 12.8 Å². The first-order valence-electron chi connectivity index (χ1n) is 2.81. The zero-order valence-corrected chi connectivity index (χ0v) is 4.72. The summed E-state index contributed by atoms with van der Waals surface area (Å²) in [7, 11) is 0. The highest BCUT2D eigenvalue weighted by Gasteiger charge is 2.07. The van der Waals surface area contributed by atoms with Gasteiger partial charge in [0.1, 0.15) is 0 Å². The summed E-state index contributed by atoms with van der Waals surface area (Å²) in [5.74, 6) is 0. The molecule has 1 unspecified atom stereocenters. The smallest absolute Gasteiger partial charge is 0.0478 e. The lowest BCUT2D eigenvalue weighted by Crippen LogP contribution is -2.29. The molecule has 0 saturated carbocycles. The third kappa shape index (κ3) is 0.954. The van der Waals surface area contributed by atoms with Crippen LogP contribution in [0.15, 0.2) is 12.2 Å². The Balaban J connectivity index is 2.60. The van der Waals surface area contributed by atoms with E-state index < -0.39 is 0 Å². The number of nitrogens with one attached hydrogen (secondary N) is 1. The maximum absolute atomic E-state index is 7.18. The molecule has 0 bridgehead atoms. The van der Waals surface area contributed by atoms with Gasteiger partial charge in [0.2, 0.25) is 0 Å². The van der Waals surface area contributed by atoms with Gasteiger partial charge in [0.25, 0.3) is 0 Å². The van der Waals surface area contributed by atoms with E-state index in [2.05, 4.69) is 0 Å². The van der Waals surface area contributed by atoms with Crippen molar-refractivity contribution in [2.24, 2.45) is 5.73 Å². The van der Waals surface area contributed by atoms with Crippen molar-refractivity contribution in [2.75, 3.05) is 0 Å². The van der Waals surface area contributed by atoms with Gasteiger partial charge in [-0.2, -0.15) is 0 Å². The topological polar surface area (TPSA) is 49.9 Å². The molecule has 0 saturated heterocycles. The zero-order valence-electron chi connectivity index (χ0n) is 4.72. The van der Waals surface area contributed by atoms with Gasteiger partial charge in [0.05, 0.1) is 0 Å². The molecule has 44 valence electrons. The molecule has 3 N–H and O–H groups in total. The van der Waals surface area contributed by atoms with Crippen LogP contribution in [0, 0.1) is 5.41 Å². The summed E-state index contributed by atoms with van der Waals surface area (Å²) in [6, 6.07) is -0.000000000000000222. The molecular weight excluding hydrogens is 100 g/mol. The molecule has 0 spiro atoms. The number of nitrogens with two attached hydrogens (primary N) is 1. The Hall–Kier alpha value is -0.630. The van der Waals surface area contributed by atoms with Crippen molar-refractivity contribution < 1.29 is 0 Å². The third-order valence-corrected chi connectivity index (χ3v) is 1.34. The minimum absolute atomic E-state index is 0.000000000000000222. The highest BCUT2D eigenvalue weighted by molar-refractivity contribution is 5.97. The fraction of sp³-hybridized carbons (Fsp3) is 0.500. The molecule has 0 aromatic heterocycles. The van der Waals surface area contributed by atoms with Crippen LogP contribution >= 0.6 is 0 Å². The lowest BCUT2D eigenvalue weighted by Gasteiger charge is -2.11. The Bertz CT molecular complexity index is 126. The van der Waals surface area contributed by atoms with Crippen molar-refractivity contribution in [1.82, 2.24) is 0 Å². The molecule has 0 fully saturated rings. The third-order valence-electron chi connectivity index (χ3n) is 1.34. The molecule has 2 nitrogen and oxygen atoms in total. The molecule has 1 atom stereocenters. The first kappa shape index (κ1) is 5.51. The molecule has 8 heavy (non-hydrogen) atoms. The Kier molecular flexibility index (Phi) is 1.44. The fourth-order valence-electron chi connectivity index (χ4n) is 0.765. The molecule has 0 radical (unpaired) electrons. The van der Waals surface area contributed by atoms with Crippen molar-refractivity contribution in [1.29, 1.82) is 5.41 Å². The second-order valence-corrected chi connectivity index (χ2v) is 2.04. The summed E-state index contributed by atoms with van der Waals surface area (Å²) >= 11 is 0. The second kappa shape index (κ2) is 2.09. The summed E-state index contributed by atoms with van der Waals surface area (Å²) in [5.41, 5.74) is 6.07. The molecule has 0 amide bonds. The molecule has 0 aliphatic heterocycles. The van der Waals surface area contributed by atoms with Crippen molar-refractivity contribution in [2.45, 2.75) is 18.9 Å². The average molecular weight is 110 g/mol. The molecular formula is C6H10N2.